The predicted molar refractivity (Wildman–Crippen MR) is 87.9 cm³/mol. The number of hydrogen-bond donors (Lipinski definition) is 0. The molecule has 1 saturated heterocycles. The molecule has 1 aromatic heterocycles. The summed E-state index contributed by atoms with van der Waals surface area (Å²) in [5.74, 6) is 2.63. The zero-order chi connectivity index (χ0) is 16.2. The van der Waals surface area contributed by atoms with Crippen molar-refractivity contribution in [1.82, 2.24) is 15.1 Å². The first-order valence-electron chi connectivity index (χ1n) is 8.86. The van der Waals surface area contributed by atoms with Gasteiger partial charge in [0, 0.05) is 31.1 Å². The molecule has 23 heavy (non-hydrogen) atoms. The van der Waals surface area contributed by atoms with Crippen LogP contribution in [-0.2, 0) is 4.79 Å². The molecule has 1 aromatic rings. The summed E-state index contributed by atoms with van der Waals surface area (Å²) in [4.78, 5) is 14.7. The molecule has 0 spiro atoms. The summed E-state index contributed by atoms with van der Waals surface area (Å²) in [6.45, 7) is 6.07. The van der Waals surface area contributed by atoms with Gasteiger partial charge in [-0.1, -0.05) is 13.8 Å². The number of carbonyl (C=O) groups excluding carboxylic acids is 1. The molecule has 5 nitrogen and oxygen atoms in total. The molecule has 126 valence electrons. The van der Waals surface area contributed by atoms with Crippen molar-refractivity contribution in [2.45, 2.75) is 52.1 Å². The van der Waals surface area contributed by atoms with Gasteiger partial charge in [0.1, 0.15) is 6.10 Å². The summed E-state index contributed by atoms with van der Waals surface area (Å²) in [7, 11) is 0. The number of rotatable bonds is 4. The van der Waals surface area contributed by atoms with Gasteiger partial charge in [0.2, 0.25) is 11.8 Å². The molecule has 5 heteroatoms. The highest BCUT2D eigenvalue weighted by Gasteiger charge is 2.34. The lowest BCUT2D eigenvalue weighted by Gasteiger charge is -2.32. The SMILES string of the molecule is CC(C)C1CCC(C(=O)N2CCC(Oc3cccnn3)C2)CC1. The molecule has 2 aliphatic rings. The van der Waals surface area contributed by atoms with Crippen LogP contribution in [0.5, 0.6) is 5.88 Å². The van der Waals surface area contributed by atoms with Gasteiger partial charge in [-0.15, -0.1) is 5.10 Å². The van der Waals surface area contributed by atoms with Crippen molar-refractivity contribution in [1.29, 1.82) is 0 Å². The van der Waals surface area contributed by atoms with Gasteiger partial charge in [-0.3, -0.25) is 4.79 Å². The quantitative estimate of drug-likeness (QED) is 0.857. The van der Waals surface area contributed by atoms with E-state index in [0.29, 0.717) is 18.3 Å². The second-order valence-electron chi connectivity index (χ2n) is 7.23. The van der Waals surface area contributed by atoms with Gasteiger partial charge in [-0.05, 0) is 43.6 Å². The highest BCUT2D eigenvalue weighted by atomic mass is 16.5. The lowest BCUT2D eigenvalue weighted by molar-refractivity contribution is -0.136. The second-order valence-corrected chi connectivity index (χ2v) is 7.23. The van der Waals surface area contributed by atoms with E-state index in [1.807, 2.05) is 17.0 Å². The molecule has 1 aliphatic carbocycles. The number of aromatic nitrogens is 2. The molecule has 0 bridgehead atoms. The minimum absolute atomic E-state index is 0.0441. The molecule has 0 radical (unpaired) electrons. The summed E-state index contributed by atoms with van der Waals surface area (Å²) < 4.78 is 5.82. The third-order valence-electron chi connectivity index (χ3n) is 5.36. The van der Waals surface area contributed by atoms with Crippen molar-refractivity contribution in [3.05, 3.63) is 18.3 Å². The summed E-state index contributed by atoms with van der Waals surface area (Å²) in [6, 6.07) is 3.62. The summed E-state index contributed by atoms with van der Waals surface area (Å²) in [5, 5.41) is 7.77. The monoisotopic (exact) mass is 317 g/mol. The standard InChI is InChI=1S/C18H27N3O2/c1-13(2)14-5-7-15(8-6-14)18(22)21-11-9-16(12-21)23-17-4-3-10-19-20-17/h3-4,10,13-16H,5-9,11-12H2,1-2H3. The third kappa shape index (κ3) is 4.01. The predicted octanol–water partition coefficient (Wildman–Crippen LogP) is 2.92. The maximum Gasteiger partial charge on any atom is 0.233 e. The third-order valence-corrected chi connectivity index (χ3v) is 5.36. The molecule has 0 aromatic carbocycles. The maximum absolute atomic E-state index is 12.7. The van der Waals surface area contributed by atoms with Crippen LogP contribution in [0.2, 0.25) is 0 Å². The van der Waals surface area contributed by atoms with Crippen LogP contribution in [0.4, 0.5) is 0 Å². The first kappa shape index (κ1) is 16.2. The molecule has 1 atom stereocenters. The minimum atomic E-state index is 0.0441. The topological polar surface area (TPSA) is 55.3 Å². The number of ether oxygens (including phenoxy) is 1. The van der Waals surface area contributed by atoms with Crippen LogP contribution >= 0.6 is 0 Å². The normalized spacial score (nSPS) is 28.1. The van der Waals surface area contributed by atoms with E-state index in [0.717, 1.165) is 37.6 Å². The summed E-state index contributed by atoms with van der Waals surface area (Å²) in [6.07, 6.45) is 7.04. The van der Waals surface area contributed by atoms with Crippen LogP contribution in [0.3, 0.4) is 0 Å². The smallest absolute Gasteiger partial charge is 0.233 e. The van der Waals surface area contributed by atoms with E-state index in [1.54, 1.807) is 6.20 Å². The Hall–Kier alpha value is -1.65. The Bertz CT molecular complexity index is 512. The lowest BCUT2D eigenvalue weighted by atomic mass is 9.76. The first-order chi connectivity index (χ1) is 11.1. The Morgan fingerprint density at radius 3 is 2.70 bits per heavy atom. The van der Waals surface area contributed by atoms with E-state index in [1.165, 1.54) is 12.8 Å². The molecule has 1 saturated carbocycles. The van der Waals surface area contributed by atoms with E-state index < -0.39 is 0 Å². The molecular formula is C18H27N3O2. The molecule has 1 amide bonds. The minimum Gasteiger partial charge on any atom is -0.471 e. The lowest BCUT2D eigenvalue weighted by Crippen LogP contribution is -2.37. The van der Waals surface area contributed by atoms with E-state index >= 15 is 0 Å². The van der Waals surface area contributed by atoms with Crippen LogP contribution < -0.4 is 4.74 Å². The fourth-order valence-corrected chi connectivity index (χ4v) is 3.84. The number of likely N-dealkylation sites (tertiary alicyclic amines) is 1. The molecule has 2 fully saturated rings. The fourth-order valence-electron chi connectivity index (χ4n) is 3.84. The Morgan fingerprint density at radius 2 is 2.04 bits per heavy atom. The largest absolute Gasteiger partial charge is 0.471 e. The number of nitrogens with zero attached hydrogens (tertiary/aromatic N) is 3. The molecule has 3 rings (SSSR count). The van der Waals surface area contributed by atoms with Crippen molar-refractivity contribution in [3.8, 4) is 5.88 Å². The van der Waals surface area contributed by atoms with Gasteiger partial charge in [0.15, 0.2) is 0 Å². The van der Waals surface area contributed by atoms with Crippen LogP contribution in [0.1, 0.15) is 46.0 Å². The van der Waals surface area contributed by atoms with Gasteiger partial charge in [-0.2, -0.15) is 5.10 Å². The van der Waals surface area contributed by atoms with Crippen molar-refractivity contribution in [3.63, 3.8) is 0 Å². The zero-order valence-electron chi connectivity index (χ0n) is 14.1. The van der Waals surface area contributed by atoms with E-state index in [9.17, 15) is 4.79 Å². The van der Waals surface area contributed by atoms with Crippen molar-refractivity contribution < 1.29 is 9.53 Å². The number of carbonyl (C=O) groups is 1. The van der Waals surface area contributed by atoms with Gasteiger partial charge in [0.25, 0.3) is 0 Å². The van der Waals surface area contributed by atoms with Crippen LogP contribution in [-0.4, -0.2) is 40.2 Å². The van der Waals surface area contributed by atoms with Crippen LogP contribution in [0, 0.1) is 17.8 Å². The Morgan fingerprint density at radius 1 is 1.26 bits per heavy atom. The highest BCUT2D eigenvalue weighted by molar-refractivity contribution is 5.79. The van der Waals surface area contributed by atoms with E-state index in [2.05, 4.69) is 24.0 Å². The molecule has 2 heterocycles. The Balaban J connectivity index is 1.48. The van der Waals surface area contributed by atoms with Gasteiger partial charge in [0.05, 0.1) is 6.54 Å². The van der Waals surface area contributed by atoms with Crippen molar-refractivity contribution >= 4 is 5.91 Å². The highest BCUT2D eigenvalue weighted by Crippen LogP contribution is 2.34. The number of hydrogen-bond acceptors (Lipinski definition) is 4. The molecule has 1 aliphatic heterocycles. The zero-order valence-corrected chi connectivity index (χ0v) is 14.1. The second kappa shape index (κ2) is 7.28. The van der Waals surface area contributed by atoms with E-state index in [-0.39, 0.29) is 12.0 Å². The van der Waals surface area contributed by atoms with Gasteiger partial charge >= 0.3 is 0 Å². The van der Waals surface area contributed by atoms with Gasteiger partial charge in [-0.25, -0.2) is 0 Å². The van der Waals surface area contributed by atoms with Crippen LogP contribution in [0.15, 0.2) is 18.3 Å². The average Bonchev–Trinajstić information content (AvgIpc) is 3.03. The summed E-state index contributed by atoms with van der Waals surface area (Å²) in [5.41, 5.74) is 0. The van der Waals surface area contributed by atoms with E-state index in [4.69, 9.17) is 4.74 Å². The van der Waals surface area contributed by atoms with Crippen molar-refractivity contribution in [2.75, 3.05) is 13.1 Å². The Labute approximate surface area is 138 Å². The molecule has 1 unspecified atom stereocenters. The average molecular weight is 317 g/mol. The molecular weight excluding hydrogens is 290 g/mol. The van der Waals surface area contributed by atoms with Crippen LogP contribution in [0.25, 0.3) is 0 Å². The fraction of sp³-hybridized carbons (Fsp3) is 0.722. The maximum atomic E-state index is 12.7. The Kier molecular flexibility index (Phi) is 5.13. The first-order valence-corrected chi connectivity index (χ1v) is 8.86. The summed E-state index contributed by atoms with van der Waals surface area (Å²) >= 11 is 0. The molecule has 0 N–H and O–H groups in total. The van der Waals surface area contributed by atoms with Gasteiger partial charge < -0.3 is 9.64 Å². The number of amides is 1. The van der Waals surface area contributed by atoms with Crippen molar-refractivity contribution in [2.24, 2.45) is 17.8 Å².